The highest BCUT2D eigenvalue weighted by Crippen LogP contribution is 2.44. The van der Waals surface area contributed by atoms with E-state index in [-0.39, 0.29) is 35.7 Å². The Morgan fingerprint density at radius 2 is 1.96 bits per heavy atom. The van der Waals surface area contributed by atoms with Gasteiger partial charge in [-0.3, -0.25) is 4.79 Å². The first kappa shape index (κ1) is 16.8. The van der Waals surface area contributed by atoms with Gasteiger partial charge in [0.05, 0.1) is 30.4 Å². The summed E-state index contributed by atoms with van der Waals surface area (Å²) in [4.78, 5) is 18.7. The topological polar surface area (TPSA) is 80.6 Å². The van der Waals surface area contributed by atoms with Gasteiger partial charge in [-0.2, -0.15) is 0 Å². The fraction of sp³-hybridized carbons (Fsp3) is 0.500. The van der Waals surface area contributed by atoms with E-state index in [0.717, 1.165) is 25.9 Å². The molecule has 6 nitrogen and oxygen atoms in total. The van der Waals surface area contributed by atoms with Crippen LogP contribution >= 0.6 is 0 Å². The number of aromatic nitrogens is 1. The molecule has 3 N–H and O–H groups in total. The van der Waals surface area contributed by atoms with Crippen molar-refractivity contribution in [3.8, 4) is 0 Å². The SMILES string of the molecule is N[C@@H]1[C@H](C(=O)N2CCC3(CC2)OCCc2c3[nH]c3ccccc23)[C@H]2C=C[C@@H]1O2. The van der Waals surface area contributed by atoms with Crippen LogP contribution in [-0.2, 0) is 26.3 Å². The summed E-state index contributed by atoms with van der Waals surface area (Å²) in [6.07, 6.45) is 6.27. The van der Waals surface area contributed by atoms with Gasteiger partial charge in [-0.05, 0) is 30.9 Å². The van der Waals surface area contributed by atoms with Crippen molar-refractivity contribution in [3.63, 3.8) is 0 Å². The number of nitrogens with zero attached hydrogens (tertiary/aromatic N) is 1. The Kier molecular flexibility index (Phi) is 3.55. The van der Waals surface area contributed by atoms with Crippen molar-refractivity contribution < 1.29 is 14.3 Å². The molecular formula is C22H25N3O3. The molecule has 4 atom stereocenters. The van der Waals surface area contributed by atoms with Gasteiger partial charge in [0.2, 0.25) is 5.91 Å². The summed E-state index contributed by atoms with van der Waals surface area (Å²) in [5.41, 5.74) is 9.73. The van der Waals surface area contributed by atoms with Gasteiger partial charge in [0, 0.05) is 30.0 Å². The molecule has 0 radical (unpaired) electrons. The van der Waals surface area contributed by atoms with Crippen LogP contribution < -0.4 is 5.73 Å². The highest BCUT2D eigenvalue weighted by Gasteiger charge is 2.50. The lowest BCUT2D eigenvalue weighted by molar-refractivity contribution is -0.146. The number of para-hydroxylation sites is 1. The Bertz CT molecular complexity index is 973. The third-order valence-corrected chi connectivity index (χ3v) is 7.12. The van der Waals surface area contributed by atoms with E-state index in [2.05, 4.69) is 29.2 Å². The highest BCUT2D eigenvalue weighted by atomic mass is 16.5. The molecular weight excluding hydrogens is 354 g/mol. The van der Waals surface area contributed by atoms with E-state index in [1.165, 1.54) is 22.2 Å². The van der Waals surface area contributed by atoms with E-state index in [4.69, 9.17) is 15.2 Å². The average Bonchev–Trinajstić information content (AvgIpc) is 3.42. The number of hydrogen-bond donors (Lipinski definition) is 2. The van der Waals surface area contributed by atoms with Crippen LogP contribution in [0.1, 0.15) is 24.1 Å². The van der Waals surface area contributed by atoms with E-state index in [1.54, 1.807) is 0 Å². The lowest BCUT2D eigenvalue weighted by Gasteiger charge is -2.44. The summed E-state index contributed by atoms with van der Waals surface area (Å²) in [7, 11) is 0. The second kappa shape index (κ2) is 5.92. The number of carbonyl (C=O) groups excluding carboxylic acids is 1. The lowest BCUT2D eigenvalue weighted by atomic mass is 9.82. The predicted molar refractivity (Wildman–Crippen MR) is 105 cm³/mol. The van der Waals surface area contributed by atoms with E-state index >= 15 is 0 Å². The van der Waals surface area contributed by atoms with E-state index < -0.39 is 0 Å². The van der Waals surface area contributed by atoms with E-state index in [9.17, 15) is 4.79 Å². The summed E-state index contributed by atoms with van der Waals surface area (Å²) in [6.45, 7) is 2.12. The Morgan fingerprint density at radius 3 is 2.75 bits per heavy atom. The number of carbonyl (C=O) groups is 1. The van der Waals surface area contributed by atoms with Gasteiger partial charge < -0.3 is 25.1 Å². The summed E-state index contributed by atoms with van der Waals surface area (Å²) in [5, 5.41) is 1.30. The van der Waals surface area contributed by atoms with Crippen LogP contribution in [-0.4, -0.2) is 53.7 Å². The molecule has 0 aliphatic carbocycles. The van der Waals surface area contributed by atoms with Crippen molar-refractivity contribution in [1.82, 2.24) is 9.88 Å². The molecule has 1 aromatic heterocycles. The average molecular weight is 379 g/mol. The van der Waals surface area contributed by atoms with Crippen molar-refractivity contribution in [3.05, 3.63) is 47.7 Å². The van der Waals surface area contributed by atoms with Crippen molar-refractivity contribution in [2.24, 2.45) is 11.7 Å². The number of hydrogen-bond acceptors (Lipinski definition) is 4. The summed E-state index contributed by atoms with van der Waals surface area (Å²) in [6, 6.07) is 8.24. The summed E-state index contributed by atoms with van der Waals surface area (Å²) < 4.78 is 12.1. The summed E-state index contributed by atoms with van der Waals surface area (Å²) >= 11 is 0. The molecule has 2 bridgehead atoms. The number of likely N-dealkylation sites (tertiary alicyclic amines) is 1. The van der Waals surface area contributed by atoms with Crippen LogP contribution in [0.15, 0.2) is 36.4 Å². The Morgan fingerprint density at radius 1 is 1.18 bits per heavy atom. The first-order valence-electron chi connectivity index (χ1n) is 10.3. The van der Waals surface area contributed by atoms with Gasteiger partial charge in [-0.25, -0.2) is 0 Å². The lowest BCUT2D eigenvalue weighted by Crippen LogP contribution is -2.53. The number of H-pyrrole nitrogens is 1. The molecule has 1 amide bonds. The molecule has 28 heavy (non-hydrogen) atoms. The maximum Gasteiger partial charge on any atom is 0.230 e. The van der Waals surface area contributed by atoms with Crippen LogP contribution in [0.4, 0.5) is 0 Å². The first-order valence-corrected chi connectivity index (χ1v) is 10.3. The molecule has 6 rings (SSSR count). The fourth-order valence-electron chi connectivity index (χ4n) is 5.61. The van der Waals surface area contributed by atoms with Crippen molar-refractivity contribution in [1.29, 1.82) is 0 Å². The third kappa shape index (κ3) is 2.22. The van der Waals surface area contributed by atoms with Crippen molar-refractivity contribution in [2.45, 2.75) is 43.1 Å². The molecule has 1 spiro atoms. The van der Waals surface area contributed by atoms with Crippen LogP contribution in [0.3, 0.4) is 0 Å². The van der Waals surface area contributed by atoms with Crippen LogP contribution in [0, 0.1) is 5.92 Å². The highest BCUT2D eigenvalue weighted by molar-refractivity contribution is 5.85. The van der Waals surface area contributed by atoms with E-state index in [1.807, 2.05) is 17.1 Å². The number of fused-ring (bicyclic) bond motifs is 6. The largest absolute Gasteiger partial charge is 0.368 e. The van der Waals surface area contributed by atoms with Gasteiger partial charge in [0.25, 0.3) is 0 Å². The second-order valence-electron chi connectivity index (χ2n) is 8.50. The van der Waals surface area contributed by atoms with Gasteiger partial charge >= 0.3 is 0 Å². The van der Waals surface area contributed by atoms with Gasteiger partial charge in [-0.15, -0.1) is 0 Å². The predicted octanol–water partition coefficient (Wildman–Crippen LogP) is 1.84. The number of benzene rings is 1. The molecule has 1 aromatic carbocycles. The van der Waals surface area contributed by atoms with Crippen molar-refractivity contribution >= 4 is 16.8 Å². The Hall–Kier alpha value is -2.15. The minimum absolute atomic E-state index is 0.106. The molecule has 2 fully saturated rings. The monoisotopic (exact) mass is 379 g/mol. The number of nitrogens with one attached hydrogen (secondary N) is 1. The van der Waals surface area contributed by atoms with Crippen LogP contribution in [0.25, 0.3) is 10.9 Å². The molecule has 0 saturated carbocycles. The normalized spacial score (nSPS) is 33.0. The molecule has 0 unspecified atom stereocenters. The maximum absolute atomic E-state index is 13.1. The first-order chi connectivity index (χ1) is 13.7. The smallest absolute Gasteiger partial charge is 0.230 e. The van der Waals surface area contributed by atoms with Crippen LogP contribution in [0.2, 0.25) is 0 Å². The molecule has 146 valence electrons. The molecule has 6 heteroatoms. The van der Waals surface area contributed by atoms with Gasteiger partial charge in [0.15, 0.2) is 0 Å². The number of aromatic amines is 1. The molecule has 4 aliphatic heterocycles. The number of rotatable bonds is 1. The molecule has 2 aromatic rings. The Labute approximate surface area is 163 Å². The minimum atomic E-state index is -0.309. The molecule has 4 aliphatic rings. The number of piperidine rings is 1. The van der Waals surface area contributed by atoms with Crippen LogP contribution in [0.5, 0.6) is 0 Å². The molecule has 2 saturated heterocycles. The number of ether oxygens (including phenoxy) is 2. The second-order valence-corrected chi connectivity index (χ2v) is 8.50. The van der Waals surface area contributed by atoms with Gasteiger partial charge in [-0.1, -0.05) is 30.4 Å². The van der Waals surface area contributed by atoms with E-state index in [0.29, 0.717) is 13.1 Å². The van der Waals surface area contributed by atoms with Crippen molar-refractivity contribution in [2.75, 3.05) is 19.7 Å². The fourth-order valence-corrected chi connectivity index (χ4v) is 5.61. The zero-order chi connectivity index (χ0) is 18.9. The standard InChI is InChI=1S/C22H25N3O3/c23-19-17-6-5-16(28-17)18(19)21(26)25-10-8-22(9-11-25)20-14(7-12-27-22)13-3-1-2-4-15(13)24-20/h1-6,16-19,24H,7-12,23H2/t16-,17+,18-,19+/m1/s1. The third-order valence-electron chi connectivity index (χ3n) is 7.12. The molecule has 5 heterocycles. The Balaban J connectivity index is 1.25. The number of nitrogens with two attached hydrogens (primary N) is 1. The maximum atomic E-state index is 13.1. The zero-order valence-corrected chi connectivity index (χ0v) is 15.8. The quantitative estimate of drug-likeness (QED) is 0.741. The zero-order valence-electron chi connectivity index (χ0n) is 15.8. The summed E-state index contributed by atoms with van der Waals surface area (Å²) in [5.74, 6) is -0.119. The van der Waals surface area contributed by atoms with Gasteiger partial charge in [0.1, 0.15) is 5.60 Å². The minimum Gasteiger partial charge on any atom is -0.368 e. The number of amides is 1.